The minimum atomic E-state index is -0.952. The van der Waals surface area contributed by atoms with Crippen LogP contribution in [0.25, 0.3) is 0 Å². The molecule has 14 heavy (non-hydrogen) atoms. The summed E-state index contributed by atoms with van der Waals surface area (Å²) < 4.78 is 25.3. The summed E-state index contributed by atoms with van der Waals surface area (Å²) >= 11 is 0. The summed E-state index contributed by atoms with van der Waals surface area (Å²) in [5.41, 5.74) is 0.274. The second-order valence-corrected chi connectivity index (χ2v) is 3.70. The van der Waals surface area contributed by atoms with Crippen molar-refractivity contribution in [1.29, 1.82) is 0 Å². The molecule has 2 rings (SSSR count). The average Bonchev–Trinajstić information content (AvgIpc) is 2.93. The van der Waals surface area contributed by atoms with Crippen LogP contribution in [0.4, 0.5) is 8.78 Å². The van der Waals surface area contributed by atoms with Gasteiger partial charge in [0.1, 0.15) is 0 Å². The molecular formula is C11H10F2O. The Bertz CT molecular complexity index is 370. The smallest absolute Gasteiger partial charge is 0.163 e. The van der Waals surface area contributed by atoms with E-state index in [1.54, 1.807) is 0 Å². The predicted octanol–water partition coefficient (Wildman–Crippen LogP) is 2.95. The number of carbonyl (C=O) groups excluding carboxylic acids is 1. The molecule has 0 bridgehead atoms. The van der Waals surface area contributed by atoms with E-state index < -0.39 is 11.6 Å². The molecule has 0 heterocycles. The number of benzene rings is 1. The molecule has 1 aliphatic rings. The lowest BCUT2D eigenvalue weighted by atomic mass is 10.1. The Balaban J connectivity index is 2.14. The molecule has 74 valence electrons. The largest absolute Gasteiger partial charge is 0.294 e. The highest BCUT2D eigenvalue weighted by Gasteiger charge is 2.25. The third-order valence-electron chi connectivity index (χ3n) is 2.41. The maximum absolute atomic E-state index is 12.8. The van der Waals surface area contributed by atoms with Crippen molar-refractivity contribution in [3.63, 3.8) is 0 Å². The first kappa shape index (κ1) is 9.31. The molecule has 3 heteroatoms. The van der Waals surface area contributed by atoms with Gasteiger partial charge < -0.3 is 0 Å². The molecule has 1 aromatic rings. The van der Waals surface area contributed by atoms with Crippen molar-refractivity contribution in [2.75, 3.05) is 0 Å². The van der Waals surface area contributed by atoms with Crippen LogP contribution >= 0.6 is 0 Å². The molecule has 0 atom stereocenters. The summed E-state index contributed by atoms with van der Waals surface area (Å²) in [6.07, 6.45) is 2.62. The van der Waals surface area contributed by atoms with Crippen LogP contribution < -0.4 is 0 Å². The van der Waals surface area contributed by atoms with Crippen molar-refractivity contribution < 1.29 is 13.6 Å². The number of hydrogen-bond acceptors (Lipinski definition) is 1. The molecule has 0 radical (unpaired) electrons. The maximum Gasteiger partial charge on any atom is 0.163 e. The molecule has 0 unspecified atom stereocenters. The molecule has 1 aliphatic carbocycles. The standard InChI is InChI=1S/C11H10F2O/c12-9-4-3-8(6-10(9)13)11(14)5-7-1-2-7/h3-4,6-7H,1-2,5H2. The molecule has 1 aromatic carbocycles. The van der Waals surface area contributed by atoms with Gasteiger partial charge in [0, 0.05) is 12.0 Å². The minimum absolute atomic E-state index is 0.0913. The van der Waals surface area contributed by atoms with Crippen LogP contribution in [0.5, 0.6) is 0 Å². The Morgan fingerprint density at radius 3 is 2.57 bits per heavy atom. The van der Waals surface area contributed by atoms with Crippen LogP contribution in [0.3, 0.4) is 0 Å². The van der Waals surface area contributed by atoms with E-state index in [9.17, 15) is 13.6 Å². The van der Waals surface area contributed by atoms with Crippen LogP contribution in [0, 0.1) is 17.6 Å². The van der Waals surface area contributed by atoms with E-state index in [-0.39, 0.29) is 11.3 Å². The Morgan fingerprint density at radius 2 is 2.00 bits per heavy atom. The highest BCUT2D eigenvalue weighted by atomic mass is 19.2. The number of rotatable bonds is 3. The zero-order chi connectivity index (χ0) is 10.1. The van der Waals surface area contributed by atoms with Crippen molar-refractivity contribution in [2.24, 2.45) is 5.92 Å². The Morgan fingerprint density at radius 1 is 1.29 bits per heavy atom. The van der Waals surface area contributed by atoms with E-state index in [4.69, 9.17) is 0 Å². The fourth-order valence-electron chi connectivity index (χ4n) is 1.37. The van der Waals surface area contributed by atoms with Gasteiger partial charge in [-0.15, -0.1) is 0 Å². The average molecular weight is 196 g/mol. The van der Waals surface area contributed by atoms with Crippen molar-refractivity contribution in [2.45, 2.75) is 19.3 Å². The van der Waals surface area contributed by atoms with Gasteiger partial charge in [0.15, 0.2) is 17.4 Å². The van der Waals surface area contributed by atoms with E-state index in [0.717, 1.165) is 25.0 Å². The van der Waals surface area contributed by atoms with Crippen molar-refractivity contribution in [3.05, 3.63) is 35.4 Å². The van der Waals surface area contributed by atoms with Crippen molar-refractivity contribution in [1.82, 2.24) is 0 Å². The van der Waals surface area contributed by atoms with Gasteiger partial charge in [-0.3, -0.25) is 4.79 Å². The van der Waals surface area contributed by atoms with Gasteiger partial charge in [0.05, 0.1) is 0 Å². The Kier molecular flexibility index (Phi) is 2.32. The normalized spacial score (nSPS) is 15.6. The highest BCUT2D eigenvalue weighted by molar-refractivity contribution is 5.96. The molecule has 0 N–H and O–H groups in total. The van der Waals surface area contributed by atoms with Crippen LogP contribution in [-0.2, 0) is 0 Å². The summed E-state index contributed by atoms with van der Waals surface area (Å²) in [7, 11) is 0. The molecule has 1 nitrogen and oxygen atoms in total. The second kappa shape index (κ2) is 3.48. The Hall–Kier alpha value is -1.25. The van der Waals surface area contributed by atoms with Gasteiger partial charge in [0.2, 0.25) is 0 Å². The quantitative estimate of drug-likeness (QED) is 0.679. The zero-order valence-corrected chi connectivity index (χ0v) is 7.59. The fraction of sp³-hybridized carbons (Fsp3) is 0.364. The molecule has 0 saturated heterocycles. The van der Waals surface area contributed by atoms with Crippen molar-refractivity contribution >= 4 is 5.78 Å². The van der Waals surface area contributed by atoms with Gasteiger partial charge in [-0.1, -0.05) is 0 Å². The van der Waals surface area contributed by atoms with Crippen LogP contribution in [0.15, 0.2) is 18.2 Å². The van der Waals surface area contributed by atoms with E-state index >= 15 is 0 Å². The lowest BCUT2D eigenvalue weighted by Crippen LogP contribution is -2.01. The van der Waals surface area contributed by atoms with E-state index in [2.05, 4.69) is 0 Å². The lowest BCUT2D eigenvalue weighted by molar-refractivity contribution is 0.0975. The van der Waals surface area contributed by atoms with Crippen LogP contribution in [-0.4, -0.2) is 5.78 Å². The minimum Gasteiger partial charge on any atom is -0.294 e. The van der Waals surface area contributed by atoms with Gasteiger partial charge in [0.25, 0.3) is 0 Å². The van der Waals surface area contributed by atoms with Crippen LogP contribution in [0.2, 0.25) is 0 Å². The molecular weight excluding hydrogens is 186 g/mol. The first-order chi connectivity index (χ1) is 6.66. The summed E-state index contributed by atoms with van der Waals surface area (Å²) in [6, 6.07) is 3.30. The zero-order valence-electron chi connectivity index (χ0n) is 7.59. The maximum atomic E-state index is 12.8. The third-order valence-corrected chi connectivity index (χ3v) is 2.41. The highest BCUT2D eigenvalue weighted by Crippen LogP contribution is 2.33. The van der Waals surface area contributed by atoms with E-state index in [1.807, 2.05) is 0 Å². The lowest BCUT2D eigenvalue weighted by Gasteiger charge is -2.00. The number of Topliss-reactive ketones (excluding diaryl/α,β-unsaturated/α-hetero) is 1. The topological polar surface area (TPSA) is 17.1 Å². The van der Waals surface area contributed by atoms with Gasteiger partial charge in [-0.05, 0) is 37.0 Å². The molecule has 0 aliphatic heterocycles. The predicted molar refractivity (Wildman–Crippen MR) is 48.0 cm³/mol. The summed E-state index contributed by atoms with van der Waals surface area (Å²) in [5, 5.41) is 0. The molecule has 0 amide bonds. The molecule has 0 aromatic heterocycles. The van der Waals surface area contributed by atoms with Crippen LogP contribution in [0.1, 0.15) is 29.6 Å². The fourth-order valence-corrected chi connectivity index (χ4v) is 1.37. The number of ketones is 1. The second-order valence-electron chi connectivity index (χ2n) is 3.70. The Labute approximate surface area is 80.7 Å². The first-order valence-electron chi connectivity index (χ1n) is 4.65. The first-order valence-corrected chi connectivity index (χ1v) is 4.65. The molecule has 1 saturated carbocycles. The molecule has 0 spiro atoms. The third kappa shape index (κ3) is 1.97. The van der Waals surface area contributed by atoms with Gasteiger partial charge >= 0.3 is 0 Å². The number of hydrogen-bond donors (Lipinski definition) is 0. The summed E-state index contributed by atoms with van der Waals surface area (Å²) in [4.78, 5) is 11.5. The van der Waals surface area contributed by atoms with Crippen molar-refractivity contribution in [3.8, 4) is 0 Å². The summed E-state index contributed by atoms with van der Waals surface area (Å²) in [5.74, 6) is -1.48. The molecule has 1 fully saturated rings. The SMILES string of the molecule is O=C(CC1CC1)c1ccc(F)c(F)c1. The van der Waals surface area contributed by atoms with Gasteiger partial charge in [-0.2, -0.15) is 0 Å². The summed E-state index contributed by atoms with van der Waals surface area (Å²) in [6.45, 7) is 0. The van der Waals surface area contributed by atoms with Gasteiger partial charge in [-0.25, -0.2) is 8.78 Å². The van der Waals surface area contributed by atoms with E-state index in [0.29, 0.717) is 12.3 Å². The number of halogens is 2. The van der Waals surface area contributed by atoms with E-state index in [1.165, 1.54) is 6.07 Å². The monoisotopic (exact) mass is 196 g/mol. The number of carbonyl (C=O) groups is 1.